The van der Waals surface area contributed by atoms with Crippen molar-refractivity contribution in [3.8, 4) is 10.6 Å². The van der Waals surface area contributed by atoms with E-state index in [1.54, 1.807) is 11.3 Å². The number of nitrogens with zero attached hydrogens (tertiary/aromatic N) is 2. The van der Waals surface area contributed by atoms with Crippen molar-refractivity contribution in [3.05, 3.63) is 31.8 Å². The third-order valence-electron chi connectivity index (χ3n) is 2.40. The molecule has 0 aliphatic carbocycles. The molecule has 0 saturated heterocycles. The summed E-state index contributed by atoms with van der Waals surface area (Å²) in [5.74, 6) is 0. The Kier molecular flexibility index (Phi) is 4.35. The molecule has 6 heteroatoms. The molecule has 0 aliphatic heterocycles. The highest BCUT2D eigenvalue weighted by atomic mass is 127. The third-order valence-corrected chi connectivity index (χ3v) is 4.72. The maximum Gasteiger partial charge on any atom is 0.148 e. The van der Waals surface area contributed by atoms with Crippen LogP contribution in [0.25, 0.3) is 10.6 Å². The van der Waals surface area contributed by atoms with Gasteiger partial charge in [0.15, 0.2) is 0 Å². The Morgan fingerprint density at radius 2 is 2.18 bits per heavy atom. The van der Waals surface area contributed by atoms with Crippen LogP contribution in [-0.2, 0) is 0 Å². The van der Waals surface area contributed by atoms with Crippen molar-refractivity contribution in [3.63, 3.8) is 0 Å². The summed E-state index contributed by atoms with van der Waals surface area (Å²) in [6, 6.07) is 6.02. The summed E-state index contributed by atoms with van der Waals surface area (Å²) >= 11 is 9.88. The molecule has 0 saturated carbocycles. The van der Waals surface area contributed by atoms with Crippen LogP contribution in [0.5, 0.6) is 0 Å². The fourth-order valence-corrected chi connectivity index (χ4v) is 3.18. The smallest absolute Gasteiger partial charge is 0.148 e. The SMILES string of the molecule is CNC(C)c1nnc(-c2cc(Cl)ccc2I)s1. The van der Waals surface area contributed by atoms with Crippen molar-refractivity contribution in [2.75, 3.05) is 7.05 Å². The molecule has 0 aliphatic rings. The fourth-order valence-electron chi connectivity index (χ4n) is 1.30. The van der Waals surface area contributed by atoms with Crippen molar-refractivity contribution >= 4 is 45.5 Å². The molecule has 1 N–H and O–H groups in total. The Morgan fingerprint density at radius 3 is 2.88 bits per heavy atom. The highest BCUT2D eigenvalue weighted by Crippen LogP contribution is 2.31. The number of aromatic nitrogens is 2. The van der Waals surface area contributed by atoms with E-state index in [1.165, 1.54) is 0 Å². The summed E-state index contributed by atoms with van der Waals surface area (Å²) in [5.41, 5.74) is 1.05. The van der Waals surface area contributed by atoms with E-state index in [9.17, 15) is 0 Å². The molecule has 2 rings (SSSR count). The van der Waals surface area contributed by atoms with Crippen molar-refractivity contribution < 1.29 is 0 Å². The van der Waals surface area contributed by atoms with E-state index in [2.05, 4.69) is 45.0 Å². The van der Waals surface area contributed by atoms with Crippen molar-refractivity contribution in [1.29, 1.82) is 0 Å². The standard InChI is InChI=1S/C11H11ClIN3S/c1-6(14-2)10-15-16-11(17-10)8-5-7(12)3-4-9(8)13/h3-6,14H,1-2H3. The maximum absolute atomic E-state index is 6.00. The van der Waals surface area contributed by atoms with E-state index < -0.39 is 0 Å². The van der Waals surface area contributed by atoms with Crippen LogP contribution in [0.2, 0.25) is 5.02 Å². The maximum atomic E-state index is 6.00. The quantitative estimate of drug-likeness (QED) is 0.826. The van der Waals surface area contributed by atoms with Crippen LogP contribution in [0.1, 0.15) is 18.0 Å². The van der Waals surface area contributed by atoms with E-state index >= 15 is 0 Å². The molecule has 2 aromatic rings. The van der Waals surface area contributed by atoms with Crippen molar-refractivity contribution in [2.45, 2.75) is 13.0 Å². The lowest BCUT2D eigenvalue weighted by Gasteiger charge is -2.03. The molecule has 1 aromatic heterocycles. The summed E-state index contributed by atoms with van der Waals surface area (Å²) < 4.78 is 1.13. The second-order valence-corrected chi connectivity index (χ2v) is 6.19. The Balaban J connectivity index is 2.40. The summed E-state index contributed by atoms with van der Waals surface area (Å²) in [4.78, 5) is 0. The van der Waals surface area contributed by atoms with Gasteiger partial charge in [-0.25, -0.2) is 0 Å². The van der Waals surface area contributed by atoms with Gasteiger partial charge < -0.3 is 5.32 Å². The zero-order chi connectivity index (χ0) is 12.4. The van der Waals surface area contributed by atoms with Crippen LogP contribution in [0.15, 0.2) is 18.2 Å². The minimum absolute atomic E-state index is 0.220. The van der Waals surface area contributed by atoms with Crippen LogP contribution < -0.4 is 5.32 Å². The monoisotopic (exact) mass is 379 g/mol. The van der Waals surface area contributed by atoms with Crippen molar-refractivity contribution in [1.82, 2.24) is 15.5 Å². The van der Waals surface area contributed by atoms with Crippen LogP contribution in [0.4, 0.5) is 0 Å². The highest BCUT2D eigenvalue weighted by Gasteiger charge is 2.13. The Labute approximate surface area is 123 Å². The first-order chi connectivity index (χ1) is 8.11. The van der Waals surface area contributed by atoms with Gasteiger partial charge in [-0.2, -0.15) is 0 Å². The molecule has 1 atom stereocenters. The molecule has 0 fully saturated rings. The topological polar surface area (TPSA) is 37.8 Å². The predicted molar refractivity (Wildman–Crippen MR) is 80.5 cm³/mol. The molecule has 1 unspecified atom stereocenters. The van der Waals surface area contributed by atoms with Gasteiger partial charge in [0.1, 0.15) is 10.0 Å². The average Bonchev–Trinajstić information content (AvgIpc) is 2.80. The number of rotatable bonds is 3. The highest BCUT2D eigenvalue weighted by molar-refractivity contribution is 14.1. The van der Waals surface area contributed by atoms with Gasteiger partial charge in [0, 0.05) is 14.2 Å². The normalized spacial score (nSPS) is 12.7. The minimum atomic E-state index is 0.220. The molecule has 1 aromatic carbocycles. The molecular weight excluding hydrogens is 369 g/mol. The largest absolute Gasteiger partial charge is 0.311 e. The van der Waals surface area contributed by atoms with Crippen LogP contribution in [0, 0.1) is 3.57 Å². The van der Waals surface area contributed by atoms with Gasteiger partial charge in [0.2, 0.25) is 0 Å². The van der Waals surface area contributed by atoms with E-state index in [0.717, 1.165) is 24.2 Å². The lowest BCUT2D eigenvalue weighted by molar-refractivity contribution is 0.640. The van der Waals surface area contributed by atoms with Gasteiger partial charge in [0.25, 0.3) is 0 Å². The Morgan fingerprint density at radius 1 is 1.41 bits per heavy atom. The van der Waals surface area contributed by atoms with Gasteiger partial charge >= 0.3 is 0 Å². The first-order valence-corrected chi connectivity index (χ1v) is 7.35. The zero-order valence-electron chi connectivity index (χ0n) is 9.37. The number of halogens is 2. The van der Waals surface area contributed by atoms with Gasteiger partial charge in [-0.05, 0) is 54.8 Å². The summed E-state index contributed by atoms with van der Waals surface area (Å²) in [6.45, 7) is 2.06. The second kappa shape index (κ2) is 5.60. The molecule has 17 heavy (non-hydrogen) atoms. The summed E-state index contributed by atoms with van der Waals surface area (Å²) in [6.07, 6.45) is 0. The Bertz CT molecular complexity index is 529. The lowest BCUT2D eigenvalue weighted by atomic mass is 10.2. The first kappa shape index (κ1) is 13.2. The van der Waals surface area contributed by atoms with E-state index in [-0.39, 0.29) is 6.04 Å². The van der Waals surface area contributed by atoms with E-state index in [0.29, 0.717) is 0 Å². The van der Waals surface area contributed by atoms with E-state index in [4.69, 9.17) is 11.6 Å². The van der Waals surface area contributed by atoms with Gasteiger partial charge in [-0.15, -0.1) is 10.2 Å². The second-order valence-electron chi connectivity index (χ2n) is 3.58. The molecule has 0 bridgehead atoms. The van der Waals surface area contributed by atoms with Gasteiger partial charge in [-0.1, -0.05) is 22.9 Å². The molecule has 0 amide bonds. The number of hydrogen-bond donors (Lipinski definition) is 1. The average molecular weight is 380 g/mol. The summed E-state index contributed by atoms with van der Waals surface area (Å²) in [7, 11) is 1.91. The van der Waals surface area contributed by atoms with E-state index in [1.807, 2.05) is 25.2 Å². The van der Waals surface area contributed by atoms with Gasteiger partial charge in [-0.3, -0.25) is 0 Å². The number of hydrogen-bond acceptors (Lipinski definition) is 4. The molecule has 1 heterocycles. The van der Waals surface area contributed by atoms with Crippen LogP contribution in [-0.4, -0.2) is 17.2 Å². The minimum Gasteiger partial charge on any atom is -0.311 e. The van der Waals surface area contributed by atoms with Crippen molar-refractivity contribution in [2.24, 2.45) is 0 Å². The molecule has 0 spiro atoms. The Hall–Kier alpha value is -0.240. The molecule has 3 nitrogen and oxygen atoms in total. The first-order valence-electron chi connectivity index (χ1n) is 5.08. The fraction of sp³-hybridized carbons (Fsp3) is 0.273. The molecular formula is C11H11ClIN3S. The molecule has 0 radical (unpaired) electrons. The number of nitrogens with one attached hydrogen (secondary N) is 1. The lowest BCUT2D eigenvalue weighted by Crippen LogP contribution is -2.11. The van der Waals surface area contributed by atoms with Crippen LogP contribution >= 0.6 is 45.5 Å². The summed E-state index contributed by atoms with van der Waals surface area (Å²) in [5, 5.41) is 14.2. The van der Waals surface area contributed by atoms with Crippen LogP contribution in [0.3, 0.4) is 0 Å². The van der Waals surface area contributed by atoms with Gasteiger partial charge in [0.05, 0.1) is 6.04 Å². The predicted octanol–water partition coefficient (Wildman–Crippen LogP) is 3.74. The third kappa shape index (κ3) is 2.96. The number of benzene rings is 1. The molecule has 90 valence electrons. The zero-order valence-corrected chi connectivity index (χ0v) is 13.1.